The van der Waals surface area contributed by atoms with Gasteiger partial charge < -0.3 is 9.84 Å². The molecular formula is C7H8N4O3. The van der Waals surface area contributed by atoms with Crippen LogP contribution < -0.4 is 10.9 Å². The van der Waals surface area contributed by atoms with Gasteiger partial charge in [0.25, 0.3) is 5.84 Å². The molecule has 0 fully saturated rings. The van der Waals surface area contributed by atoms with Gasteiger partial charge >= 0.3 is 5.97 Å². The van der Waals surface area contributed by atoms with Gasteiger partial charge in [-0.2, -0.15) is 0 Å². The van der Waals surface area contributed by atoms with Crippen LogP contribution in [0.3, 0.4) is 0 Å². The summed E-state index contributed by atoms with van der Waals surface area (Å²) in [4.78, 5) is 10.7. The maximum absolute atomic E-state index is 10.7. The topological polar surface area (TPSA) is 86.2 Å². The minimum Gasteiger partial charge on any atom is -0.481 e. The summed E-state index contributed by atoms with van der Waals surface area (Å²) in [6.45, 7) is 0. The van der Waals surface area contributed by atoms with E-state index in [4.69, 9.17) is 9.84 Å². The van der Waals surface area contributed by atoms with Gasteiger partial charge in [0.2, 0.25) is 5.88 Å². The minimum absolute atomic E-state index is 0.126. The Morgan fingerprint density at radius 2 is 2.43 bits per heavy atom. The molecule has 0 spiro atoms. The summed E-state index contributed by atoms with van der Waals surface area (Å²) in [5.41, 5.74) is 5.29. The molecule has 0 atom stereocenters. The van der Waals surface area contributed by atoms with Gasteiger partial charge in [0, 0.05) is 6.08 Å². The number of amidine groups is 1. The van der Waals surface area contributed by atoms with Gasteiger partial charge in [0.1, 0.15) is 5.82 Å². The minimum atomic E-state index is -1.12. The van der Waals surface area contributed by atoms with Crippen molar-refractivity contribution < 1.29 is 14.6 Å². The first-order chi connectivity index (χ1) is 6.72. The van der Waals surface area contributed by atoms with Crippen LogP contribution in [0.1, 0.15) is 0 Å². The van der Waals surface area contributed by atoms with Crippen molar-refractivity contribution in [1.82, 2.24) is 15.9 Å². The number of hydrogen-bond donors (Lipinski definition) is 3. The van der Waals surface area contributed by atoms with Crippen molar-refractivity contribution in [2.75, 3.05) is 7.11 Å². The summed E-state index contributed by atoms with van der Waals surface area (Å²) in [5, 5.41) is 13.7. The number of aliphatic carboxylic acids is 1. The average Bonchev–Trinajstić information content (AvgIpc) is 2.59. The summed E-state index contributed by atoms with van der Waals surface area (Å²) in [6.07, 6.45) is 3.33. The maximum Gasteiger partial charge on any atom is 0.375 e. The molecule has 2 aliphatic heterocycles. The lowest BCUT2D eigenvalue weighted by molar-refractivity contribution is -0.130. The van der Waals surface area contributed by atoms with Gasteiger partial charge in [-0.1, -0.05) is 0 Å². The van der Waals surface area contributed by atoms with Crippen molar-refractivity contribution in [1.29, 1.82) is 0 Å². The van der Waals surface area contributed by atoms with Crippen LogP contribution in [0, 0.1) is 0 Å². The molecule has 3 N–H and O–H groups in total. The molecule has 0 aromatic rings. The summed E-state index contributed by atoms with van der Waals surface area (Å²) < 4.78 is 4.92. The predicted molar refractivity (Wildman–Crippen MR) is 46.4 cm³/mol. The van der Waals surface area contributed by atoms with Crippen molar-refractivity contribution >= 4 is 11.8 Å². The number of allylic oxidation sites excluding steroid dienone is 2. The summed E-state index contributed by atoms with van der Waals surface area (Å²) >= 11 is 0. The Balaban J connectivity index is 2.24. The lowest BCUT2D eigenvalue weighted by Gasteiger charge is -2.24. The van der Waals surface area contributed by atoms with Gasteiger partial charge in [-0.25, -0.2) is 9.80 Å². The second kappa shape index (κ2) is 2.95. The number of nitrogens with one attached hydrogen (secondary N) is 2. The van der Waals surface area contributed by atoms with Crippen LogP contribution >= 0.6 is 0 Å². The van der Waals surface area contributed by atoms with Gasteiger partial charge in [-0.15, -0.1) is 5.10 Å². The quantitative estimate of drug-likeness (QED) is 0.532. The number of fused-ring (bicyclic) bond motifs is 1. The highest BCUT2D eigenvalue weighted by atomic mass is 16.5. The van der Waals surface area contributed by atoms with E-state index in [2.05, 4.69) is 16.0 Å². The largest absolute Gasteiger partial charge is 0.481 e. The summed E-state index contributed by atoms with van der Waals surface area (Å²) in [6, 6.07) is 0. The number of carboxylic acid groups (broad SMARTS) is 1. The molecule has 14 heavy (non-hydrogen) atoms. The second-order valence-electron chi connectivity index (χ2n) is 2.59. The van der Waals surface area contributed by atoms with Gasteiger partial charge in [0.05, 0.1) is 7.11 Å². The highest BCUT2D eigenvalue weighted by Crippen LogP contribution is 2.13. The van der Waals surface area contributed by atoms with E-state index in [9.17, 15) is 4.79 Å². The normalized spacial score (nSPS) is 18.4. The van der Waals surface area contributed by atoms with Crippen LogP contribution in [0.4, 0.5) is 0 Å². The average molecular weight is 196 g/mol. The molecule has 0 aliphatic carbocycles. The van der Waals surface area contributed by atoms with Crippen LogP contribution in [-0.2, 0) is 9.53 Å². The van der Waals surface area contributed by atoms with Crippen LogP contribution in [0.2, 0.25) is 0 Å². The Labute approximate surface area is 79.3 Å². The van der Waals surface area contributed by atoms with Crippen LogP contribution in [0.5, 0.6) is 0 Å². The molecule has 0 unspecified atom stereocenters. The van der Waals surface area contributed by atoms with Crippen LogP contribution in [-0.4, -0.2) is 29.0 Å². The fourth-order valence-corrected chi connectivity index (χ4v) is 1.11. The zero-order valence-electron chi connectivity index (χ0n) is 7.31. The Morgan fingerprint density at radius 1 is 1.64 bits per heavy atom. The van der Waals surface area contributed by atoms with Gasteiger partial charge in [0.15, 0.2) is 0 Å². The zero-order chi connectivity index (χ0) is 10.1. The van der Waals surface area contributed by atoms with E-state index in [1.165, 1.54) is 12.1 Å². The highest BCUT2D eigenvalue weighted by Gasteiger charge is 2.30. The molecule has 74 valence electrons. The third-order valence-electron chi connectivity index (χ3n) is 1.75. The first-order valence-corrected chi connectivity index (χ1v) is 3.82. The number of hydrogen-bond acceptors (Lipinski definition) is 6. The highest BCUT2D eigenvalue weighted by molar-refractivity contribution is 6.35. The predicted octanol–water partition coefficient (Wildman–Crippen LogP) is -0.863. The lowest BCUT2D eigenvalue weighted by atomic mass is 10.4. The number of carboxylic acids is 1. The van der Waals surface area contributed by atoms with E-state index >= 15 is 0 Å². The molecule has 7 heteroatoms. The monoisotopic (exact) mass is 196 g/mol. The second-order valence-corrected chi connectivity index (χ2v) is 2.59. The van der Waals surface area contributed by atoms with E-state index < -0.39 is 5.97 Å². The van der Waals surface area contributed by atoms with E-state index in [0.717, 1.165) is 0 Å². The van der Waals surface area contributed by atoms with Gasteiger partial charge in [-0.3, -0.25) is 10.9 Å². The molecule has 0 saturated heterocycles. The van der Waals surface area contributed by atoms with E-state index in [0.29, 0.717) is 11.7 Å². The molecule has 0 bridgehead atoms. The molecule has 0 amide bonds. The van der Waals surface area contributed by atoms with Crippen LogP contribution in [0.15, 0.2) is 29.0 Å². The smallest absolute Gasteiger partial charge is 0.375 e. The van der Waals surface area contributed by atoms with E-state index in [1.807, 2.05) is 0 Å². The maximum atomic E-state index is 10.7. The van der Waals surface area contributed by atoms with E-state index in [1.54, 1.807) is 12.2 Å². The Morgan fingerprint density at radius 3 is 3.07 bits per heavy atom. The fraction of sp³-hybridized carbons (Fsp3) is 0.143. The summed E-state index contributed by atoms with van der Waals surface area (Å²) in [7, 11) is 1.48. The van der Waals surface area contributed by atoms with Crippen molar-refractivity contribution in [2.45, 2.75) is 0 Å². The Bertz CT molecular complexity index is 371. The number of nitrogens with zero attached hydrogens (tertiary/aromatic N) is 2. The molecule has 2 aliphatic rings. The molecule has 0 aromatic heterocycles. The molecule has 0 saturated carbocycles. The molecule has 2 heterocycles. The first kappa shape index (κ1) is 8.42. The van der Waals surface area contributed by atoms with Crippen molar-refractivity contribution in [3.05, 3.63) is 23.9 Å². The number of ether oxygens (including phenoxy) is 1. The molecule has 7 nitrogen and oxygen atoms in total. The molecule has 0 radical (unpaired) electrons. The lowest BCUT2D eigenvalue weighted by Crippen LogP contribution is -2.44. The molecular weight excluding hydrogens is 188 g/mol. The van der Waals surface area contributed by atoms with Crippen molar-refractivity contribution in [3.8, 4) is 0 Å². The van der Waals surface area contributed by atoms with Gasteiger partial charge in [-0.05, 0) is 6.08 Å². The van der Waals surface area contributed by atoms with Crippen molar-refractivity contribution in [3.63, 3.8) is 0 Å². The summed E-state index contributed by atoms with van der Waals surface area (Å²) in [5.74, 6) is -0.251. The SMILES string of the molecule is COC1=CC=C2NN=C(C(=O)O)N2N1. The third-order valence-corrected chi connectivity index (χ3v) is 1.75. The zero-order valence-corrected chi connectivity index (χ0v) is 7.31. The Kier molecular flexibility index (Phi) is 1.77. The van der Waals surface area contributed by atoms with Crippen LogP contribution in [0.25, 0.3) is 0 Å². The fourth-order valence-electron chi connectivity index (χ4n) is 1.11. The van der Waals surface area contributed by atoms with Crippen molar-refractivity contribution in [2.24, 2.45) is 5.10 Å². The number of hydrazone groups is 1. The van der Waals surface area contributed by atoms with E-state index in [-0.39, 0.29) is 5.84 Å². The third kappa shape index (κ3) is 1.15. The first-order valence-electron chi connectivity index (χ1n) is 3.82. The standard InChI is InChI=1S/C7H8N4O3/c1-14-5-3-2-4-8-9-6(7(12)13)11(4)10-5/h2-3,8,10H,1H3,(H,12,13). The number of hydrazine groups is 1. The Hall–Kier alpha value is -2.18. The molecule has 2 rings (SSSR count). The number of rotatable bonds is 2. The molecule has 0 aromatic carbocycles. The number of methoxy groups -OCH3 is 1. The number of carbonyl (C=O) groups is 1.